The van der Waals surface area contributed by atoms with Gasteiger partial charge >= 0.3 is 0 Å². The molecule has 102 valence electrons. The largest absolute Gasteiger partial charge is 0.387 e. The summed E-state index contributed by atoms with van der Waals surface area (Å²) < 4.78 is 21.7. The highest BCUT2D eigenvalue weighted by Gasteiger charge is 2.50. The molecule has 0 saturated carbocycles. The van der Waals surface area contributed by atoms with Gasteiger partial charge in [-0.15, -0.1) is 0 Å². The molecule has 3 unspecified atom stereocenters. The molecule has 0 aromatic heterocycles. The van der Waals surface area contributed by atoms with E-state index in [2.05, 4.69) is 10.0 Å². The molecule has 5 atom stereocenters. The lowest BCUT2D eigenvalue weighted by molar-refractivity contribution is -0.362. The monoisotopic (exact) mass is 259 g/mol. The number of hydrogen-bond donors (Lipinski definition) is 1. The Morgan fingerprint density at radius 2 is 2.22 bits per heavy atom. The van der Waals surface area contributed by atoms with E-state index in [1.165, 1.54) is 7.11 Å². The highest BCUT2D eigenvalue weighted by Crippen LogP contribution is 2.33. The van der Waals surface area contributed by atoms with E-state index in [-0.39, 0.29) is 0 Å². The Kier molecular flexibility index (Phi) is 3.76. The van der Waals surface area contributed by atoms with E-state index in [0.717, 1.165) is 0 Å². The maximum absolute atomic E-state index is 10.0. The van der Waals surface area contributed by atoms with Gasteiger partial charge in [0.05, 0.1) is 12.6 Å². The van der Waals surface area contributed by atoms with Crippen molar-refractivity contribution >= 4 is 0 Å². The van der Waals surface area contributed by atoms with Crippen LogP contribution in [-0.4, -0.2) is 55.3 Å². The van der Waals surface area contributed by atoms with Crippen LogP contribution >= 0.6 is 0 Å². The number of ether oxygens (including phenoxy) is 4. The first kappa shape index (κ1) is 13.5. The van der Waals surface area contributed by atoms with Crippen molar-refractivity contribution in [1.82, 2.24) is 0 Å². The lowest BCUT2D eigenvalue weighted by Gasteiger charge is -2.48. The minimum Gasteiger partial charge on any atom is -0.387 e. The van der Waals surface area contributed by atoms with E-state index in [1.54, 1.807) is 13.8 Å². The van der Waals surface area contributed by atoms with Crippen molar-refractivity contribution in [2.75, 3.05) is 13.7 Å². The van der Waals surface area contributed by atoms with Crippen LogP contribution in [0, 0.1) is 0 Å². The summed E-state index contributed by atoms with van der Waals surface area (Å²) in [6.45, 7) is 3.80. The Morgan fingerprint density at radius 3 is 2.83 bits per heavy atom. The first-order chi connectivity index (χ1) is 8.48. The molecule has 0 bridgehead atoms. The Bertz CT molecular complexity index is 357. The summed E-state index contributed by atoms with van der Waals surface area (Å²) in [7, 11) is 1.41. The SMILES string of the molecule is CO[C@H]1OC2COC(C)(C)O[C@H]2C(N=[N+]=[N-])C1O. The Hall–Kier alpha value is -0.890. The van der Waals surface area contributed by atoms with Crippen molar-refractivity contribution in [1.29, 1.82) is 0 Å². The molecule has 2 heterocycles. The first-order valence-electron chi connectivity index (χ1n) is 5.71. The van der Waals surface area contributed by atoms with Crippen molar-refractivity contribution in [3.05, 3.63) is 10.4 Å². The summed E-state index contributed by atoms with van der Waals surface area (Å²) in [6.07, 6.45) is -2.90. The molecule has 2 aliphatic heterocycles. The molecule has 2 aliphatic rings. The van der Waals surface area contributed by atoms with E-state index >= 15 is 0 Å². The topological polar surface area (TPSA) is 106 Å². The predicted octanol–water partition coefficient (Wildman–Crippen LogP) is 0.549. The van der Waals surface area contributed by atoms with Crippen LogP contribution in [0.3, 0.4) is 0 Å². The summed E-state index contributed by atoms with van der Waals surface area (Å²) in [5.41, 5.74) is 8.59. The van der Waals surface area contributed by atoms with Crippen LogP contribution in [0.5, 0.6) is 0 Å². The third-order valence-corrected chi connectivity index (χ3v) is 3.07. The van der Waals surface area contributed by atoms with Crippen molar-refractivity contribution in [3.63, 3.8) is 0 Å². The number of aliphatic hydroxyl groups is 1. The van der Waals surface area contributed by atoms with Crippen molar-refractivity contribution in [2.24, 2.45) is 5.11 Å². The smallest absolute Gasteiger partial charge is 0.184 e. The Balaban J connectivity index is 2.23. The van der Waals surface area contributed by atoms with E-state index in [9.17, 15) is 5.11 Å². The zero-order chi connectivity index (χ0) is 13.3. The maximum atomic E-state index is 10.0. The van der Waals surface area contributed by atoms with E-state index in [4.69, 9.17) is 24.5 Å². The quantitative estimate of drug-likeness (QED) is 0.443. The molecule has 8 nitrogen and oxygen atoms in total. The van der Waals surface area contributed by atoms with Gasteiger partial charge in [0.25, 0.3) is 0 Å². The number of hydrogen-bond acceptors (Lipinski definition) is 6. The summed E-state index contributed by atoms with van der Waals surface area (Å²) in [4.78, 5) is 2.75. The van der Waals surface area contributed by atoms with Crippen LogP contribution in [0.15, 0.2) is 5.11 Å². The number of rotatable bonds is 2. The van der Waals surface area contributed by atoms with Crippen molar-refractivity contribution in [2.45, 2.75) is 50.3 Å². The van der Waals surface area contributed by atoms with Gasteiger partial charge in [0.2, 0.25) is 0 Å². The van der Waals surface area contributed by atoms with Gasteiger partial charge in [0.1, 0.15) is 18.3 Å². The van der Waals surface area contributed by atoms with Gasteiger partial charge < -0.3 is 24.1 Å². The van der Waals surface area contributed by atoms with E-state index in [0.29, 0.717) is 6.61 Å². The van der Waals surface area contributed by atoms with E-state index in [1.807, 2.05) is 0 Å². The standard InChI is InChI=1S/C10H17N3O5/c1-10(2)16-4-5-8(18-10)6(12-13-11)7(14)9(15-3)17-5/h5-9,14H,4H2,1-3H3/t5?,6?,7?,8-,9+/m1/s1. The van der Waals surface area contributed by atoms with Gasteiger partial charge in [-0.05, 0) is 19.4 Å². The van der Waals surface area contributed by atoms with Gasteiger partial charge in [-0.1, -0.05) is 5.11 Å². The minimum atomic E-state index is -1.07. The van der Waals surface area contributed by atoms with Crippen LogP contribution in [0.4, 0.5) is 0 Å². The predicted molar refractivity (Wildman–Crippen MR) is 59.5 cm³/mol. The second-order valence-electron chi connectivity index (χ2n) is 4.76. The molecule has 0 spiro atoms. The minimum absolute atomic E-state index is 0.293. The average molecular weight is 259 g/mol. The van der Waals surface area contributed by atoms with Gasteiger partial charge in [-0.3, -0.25) is 0 Å². The molecular formula is C10H17N3O5. The first-order valence-corrected chi connectivity index (χ1v) is 5.71. The zero-order valence-electron chi connectivity index (χ0n) is 10.5. The Morgan fingerprint density at radius 1 is 1.50 bits per heavy atom. The van der Waals surface area contributed by atoms with Gasteiger partial charge in [0.15, 0.2) is 12.1 Å². The van der Waals surface area contributed by atoms with Crippen molar-refractivity contribution < 1.29 is 24.1 Å². The summed E-state index contributed by atoms with van der Waals surface area (Å²) in [5.74, 6) is -0.798. The number of nitrogens with zero attached hydrogens (tertiary/aromatic N) is 3. The number of azide groups is 1. The summed E-state index contributed by atoms with van der Waals surface area (Å²) in [5, 5.41) is 13.6. The molecule has 0 aromatic rings. The summed E-state index contributed by atoms with van der Waals surface area (Å²) >= 11 is 0. The number of aliphatic hydroxyl groups excluding tert-OH is 1. The average Bonchev–Trinajstić information content (AvgIpc) is 2.32. The highest BCUT2D eigenvalue weighted by molar-refractivity contribution is 4.97. The normalized spacial score (nSPS) is 42.8. The van der Waals surface area contributed by atoms with Crippen LogP contribution in [0.25, 0.3) is 10.4 Å². The molecule has 18 heavy (non-hydrogen) atoms. The van der Waals surface area contributed by atoms with Crippen LogP contribution in [0.1, 0.15) is 13.8 Å². The molecule has 2 saturated heterocycles. The second kappa shape index (κ2) is 5.00. The molecular weight excluding hydrogens is 242 g/mol. The molecule has 2 fully saturated rings. The fourth-order valence-electron chi connectivity index (χ4n) is 2.22. The highest BCUT2D eigenvalue weighted by atomic mass is 16.8. The molecule has 0 aromatic carbocycles. The second-order valence-corrected chi connectivity index (χ2v) is 4.76. The van der Waals surface area contributed by atoms with Crippen LogP contribution in [0.2, 0.25) is 0 Å². The van der Waals surface area contributed by atoms with Crippen molar-refractivity contribution in [3.8, 4) is 0 Å². The van der Waals surface area contributed by atoms with Crippen LogP contribution < -0.4 is 0 Å². The maximum Gasteiger partial charge on any atom is 0.184 e. The molecule has 1 N–H and O–H groups in total. The molecule has 8 heteroatoms. The molecule has 0 radical (unpaired) electrons. The molecule has 2 rings (SSSR count). The Labute approximate surface area is 104 Å². The number of fused-ring (bicyclic) bond motifs is 1. The molecule has 0 amide bonds. The third kappa shape index (κ3) is 2.44. The molecule has 0 aliphatic carbocycles. The van der Waals surface area contributed by atoms with E-state index < -0.39 is 36.4 Å². The van der Waals surface area contributed by atoms with Gasteiger partial charge in [-0.2, -0.15) is 0 Å². The fraction of sp³-hybridized carbons (Fsp3) is 1.00. The fourth-order valence-corrected chi connectivity index (χ4v) is 2.22. The number of methoxy groups -OCH3 is 1. The third-order valence-electron chi connectivity index (χ3n) is 3.07. The lowest BCUT2D eigenvalue weighted by atomic mass is 9.95. The van der Waals surface area contributed by atoms with Gasteiger partial charge in [0, 0.05) is 12.0 Å². The summed E-state index contributed by atoms with van der Waals surface area (Å²) in [6, 6.07) is -0.762. The van der Waals surface area contributed by atoms with Crippen LogP contribution in [-0.2, 0) is 18.9 Å². The van der Waals surface area contributed by atoms with Gasteiger partial charge in [-0.25, -0.2) is 0 Å². The lowest BCUT2D eigenvalue weighted by Crippen LogP contribution is -2.64. The zero-order valence-corrected chi connectivity index (χ0v) is 10.5.